The number of carboxylic acids is 1. The van der Waals surface area contributed by atoms with Crippen molar-refractivity contribution in [1.29, 1.82) is 0 Å². The van der Waals surface area contributed by atoms with Crippen LogP contribution in [0, 0.1) is 6.92 Å². The second kappa shape index (κ2) is 13.9. The van der Waals surface area contributed by atoms with E-state index in [9.17, 15) is 9.59 Å². The second-order valence-corrected chi connectivity index (χ2v) is 7.27. The van der Waals surface area contributed by atoms with Gasteiger partial charge in [0, 0.05) is 18.4 Å². The van der Waals surface area contributed by atoms with E-state index < -0.39 is 24.3 Å². The molecular weight excluding hydrogens is 426 g/mol. The van der Waals surface area contributed by atoms with Gasteiger partial charge in [0.25, 0.3) is 0 Å². The average Bonchev–Trinajstić information content (AvgIpc) is 2.80. The number of carbonyl (C=O) groups excluding carboxylic acids is 1. The number of aliphatic carboxylic acids is 1. The summed E-state index contributed by atoms with van der Waals surface area (Å²) in [6.45, 7) is 4.27. The number of carbonyl (C=O) groups is 2. The van der Waals surface area contributed by atoms with Gasteiger partial charge in [0.15, 0.2) is 6.10 Å². The molecule has 2 aromatic rings. The number of allylic oxidation sites excluding steroid dienone is 1. The van der Waals surface area contributed by atoms with Gasteiger partial charge in [0.2, 0.25) is 0 Å². The molecular formula is C25H31NO7. The van der Waals surface area contributed by atoms with Crippen molar-refractivity contribution in [2.24, 2.45) is 0 Å². The Morgan fingerprint density at radius 2 is 1.79 bits per heavy atom. The Kier molecular flexibility index (Phi) is 10.9. The highest BCUT2D eigenvalue weighted by Gasteiger charge is 2.27. The summed E-state index contributed by atoms with van der Waals surface area (Å²) in [7, 11) is 0. The van der Waals surface area contributed by atoms with Crippen LogP contribution in [0.25, 0.3) is 0 Å². The van der Waals surface area contributed by atoms with Crippen molar-refractivity contribution in [1.82, 2.24) is 0 Å². The van der Waals surface area contributed by atoms with Crippen LogP contribution in [0.2, 0.25) is 0 Å². The van der Waals surface area contributed by atoms with Crippen molar-refractivity contribution in [2.45, 2.75) is 38.9 Å². The molecule has 0 aliphatic carbocycles. The number of aliphatic hydroxyl groups is 1. The zero-order valence-electron chi connectivity index (χ0n) is 18.9. The van der Waals surface area contributed by atoms with Gasteiger partial charge in [-0.3, -0.25) is 5.32 Å². The van der Waals surface area contributed by atoms with Gasteiger partial charge in [-0.1, -0.05) is 35.9 Å². The minimum atomic E-state index is -1.02. The van der Waals surface area contributed by atoms with Gasteiger partial charge in [0.05, 0.1) is 12.7 Å². The highest BCUT2D eigenvalue weighted by atomic mass is 16.6. The lowest BCUT2D eigenvalue weighted by Crippen LogP contribution is -2.29. The highest BCUT2D eigenvalue weighted by Crippen LogP contribution is 2.29. The first-order chi connectivity index (χ1) is 15.9. The molecule has 0 saturated carbocycles. The van der Waals surface area contributed by atoms with Crippen LogP contribution in [0.3, 0.4) is 0 Å². The van der Waals surface area contributed by atoms with Crippen LogP contribution in [0.15, 0.2) is 60.7 Å². The van der Waals surface area contributed by atoms with Gasteiger partial charge < -0.3 is 24.4 Å². The molecule has 0 saturated heterocycles. The molecule has 0 aliphatic rings. The summed E-state index contributed by atoms with van der Waals surface area (Å²) in [5, 5.41) is 20.5. The van der Waals surface area contributed by atoms with Crippen molar-refractivity contribution in [2.75, 3.05) is 25.1 Å². The number of carboxylic acid groups (broad SMARTS) is 1. The summed E-state index contributed by atoms with van der Waals surface area (Å²) in [4.78, 5) is 23.4. The van der Waals surface area contributed by atoms with E-state index in [1.807, 2.05) is 26.0 Å². The molecule has 0 bridgehead atoms. The van der Waals surface area contributed by atoms with E-state index in [0.717, 1.165) is 11.6 Å². The Hall–Kier alpha value is -3.36. The molecule has 0 fully saturated rings. The van der Waals surface area contributed by atoms with Crippen LogP contribution in [0.4, 0.5) is 10.5 Å². The topological polar surface area (TPSA) is 114 Å². The number of aliphatic hydroxyl groups excluding tert-OH is 1. The number of amides is 1. The molecule has 0 heterocycles. The normalized spacial score (nSPS) is 12.8. The zero-order chi connectivity index (χ0) is 24.1. The lowest BCUT2D eigenvalue weighted by Gasteiger charge is -2.27. The molecule has 0 aliphatic heterocycles. The number of ether oxygens (including phenoxy) is 3. The number of hydrogen-bond donors (Lipinski definition) is 3. The van der Waals surface area contributed by atoms with E-state index in [4.69, 9.17) is 24.4 Å². The van der Waals surface area contributed by atoms with E-state index in [-0.39, 0.29) is 13.2 Å². The van der Waals surface area contributed by atoms with Crippen molar-refractivity contribution in [3.63, 3.8) is 0 Å². The molecule has 0 radical (unpaired) electrons. The summed E-state index contributed by atoms with van der Waals surface area (Å²) in [5.41, 5.74) is 2.38. The molecule has 2 aromatic carbocycles. The number of nitrogens with one attached hydrogen (secondary N) is 1. The maximum atomic E-state index is 12.7. The molecule has 2 rings (SSSR count). The van der Waals surface area contributed by atoms with Gasteiger partial charge in [-0.05, 0) is 56.5 Å². The molecule has 8 nitrogen and oxygen atoms in total. The predicted molar refractivity (Wildman–Crippen MR) is 124 cm³/mol. The lowest BCUT2D eigenvalue weighted by atomic mass is 10.00. The van der Waals surface area contributed by atoms with Gasteiger partial charge in [-0.25, -0.2) is 9.59 Å². The number of benzene rings is 2. The number of hydrogen-bond acceptors (Lipinski definition) is 6. The number of aryl methyl sites for hydroxylation is 1. The smallest absolute Gasteiger partial charge is 0.412 e. The average molecular weight is 458 g/mol. The monoisotopic (exact) mass is 457 g/mol. The fourth-order valence-electron chi connectivity index (χ4n) is 3.16. The van der Waals surface area contributed by atoms with E-state index in [1.165, 1.54) is 0 Å². The van der Waals surface area contributed by atoms with E-state index in [1.54, 1.807) is 42.5 Å². The lowest BCUT2D eigenvalue weighted by molar-refractivity contribution is -0.131. The third kappa shape index (κ3) is 9.34. The largest absolute Gasteiger partial charge is 0.491 e. The molecule has 178 valence electrons. The molecule has 8 heteroatoms. The minimum Gasteiger partial charge on any atom is -0.491 e. The summed E-state index contributed by atoms with van der Waals surface area (Å²) in [6, 6.07) is 14.3. The standard InChI is InChI=1S/C25H31NO7/c1-3-31-22(6-4-5-7-23(28)29)24(19-10-14-21(15-11-19)32-17-16-27)33-25(30)26-20-12-8-18(2)9-13-20/h5,7-15,22,24,27H,3-4,6,16-17H2,1-2H3,(H,26,30)(H,28,29)/b7-5+/t22-,24-/m1/s1. The first-order valence-electron chi connectivity index (χ1n) is 10.8. The minimum absolute atomic E-state index is 0.0943. The summed E-state index contributed by atoms with van der Waals surface area (Å²) >= 11 is 0. The zero-order valence-corrected chi connectivity index (χ0v) is 18.9. The first kappa shape index (κ1) is 25.9. The Morgan fingerprint density at radius 1 is 1.09 bits per heavy atom. The molecule has 2 atom stereocenters. The van der Waals surface area contributed by atoms with Crippen LogP contribution in [0.1, 0.15) is 37.0 Å². The van der Waals surface area contributed by atoms with Crippen molar-refractivity contribution < 1.29 is 34.0 Å². The fourth-order valence-corrected chi connectivity index (χ4v) is 3.16. The molecule has 1 amide bonds. The van der Waals surface area contributed by atoms with E-state index in [2.05, 4.69) is 5.32 Å². The quantitative estimate of drug-likeness (QED) is 0.380. The van der Waals surface area contributed by atoms with Crippen molar-refractivity contribution in [3.8, 4) is 5.75 Å². The fraction of sp³-hybridized carbons (Fsp3) is 0.360. The summed E-state index contributed by atoms with van der Waals surface area (Å²) < 4.78 is 17.1. The van der Waals surface area contributed by atoms with E-state index in [0.29, 0.717) is 36.4 Å². The SMILES string of the molecule is CCO[C@H](CC/C=C/C(=O)O)[C@H](OC(=O)Nc1ccc(C)cc1)c1ccc(OCCO)cc1. The van der Waals surface area contributed by atoms with Crippen LogP contribution in [-0.4, -0.2) is 48.2 Å². The highest BCUT2D eigenvalue weighted by molar-refractivity contribution is 5.84. The molecule has 0 unspecified atom stereocenters. The van der Waals surface area contributed by atoms with Crippen molar-refractivity contribution in [3.05, 3.63) is 71.8 Å². The Balaban J connectivity index is 2.21. The third-order valence-corrected chi connectivity index (χ3v) is 4.70. The molecule has 3 N–H and O–H groups in total. The number of rotatable bonds is 13. The molecule has 0 spiro atoms. The van der Waals surface area contributed by atoms with Crippen LogP contribution in [-0.2, 0) is 14.3 Å². The summed E-state index contributed by atoms with van der Waals surface area (Å²) in [5.74, 6) is -0.445. The summed E-state index contributed by atoms with van der Waals surface area (Å²) in [6.07, 6.45) is 1.65. The Bertz CT molecular complexity index is 894. The maximum absolute atomic E-state index is 12.7. The van der Waals surface area contributed by atoms with Gasteiger partial charge in [0.1, 0.15) is 12.4 Å². The first-order valence-corrected chi connectivity index (χ1v) is 10.8. The second-order valence-electron chi connectivity index (χ2n) is 7.27. The van der Waals surface area contributed by atoms with Crippen molar-refractivity contribution >= 4 is 17.7 Å². The van der Waals surface area contributed by atoms with E-state index >= 15 is 0 Å². The Labute approximate surface area is 193 Å². The van der Waals surface area contributed by atoms with Gasteiger partial charge in [-0.2, -0.15) is 0 Å². The Morgan fingerprint density at radius 3 is 2.39 bits per heavy atom. The van der Waals surface area contributed by atoms with Crippen LogP contribution in [0.5, 0.6) is 5.75 Å². The molecule has 33 heavy (non-hydrogen) atoms. The third-order valence-electron chi connectivity index (χ3n) is 4.70. The molecule has 0 aromatic heterocycles. The van der Waals surface area contributed by atoms with Gasteiger partial charge >= 0.3 is 12.1 Å². The number of anilines is 1. The van der Waals surface area contributed by atoms with Gasteiger partial charge in [-0.15, -0.1) is 0 Å². The maximum Gasteiger partial charge on any atom is 0.412 e. The van der Waals surface area contributed by atoms with Crippen LogP contribution < -0.4 is 10.1 Å². The predicted octanol–water partition coefficient (Wildman–Crippen LogP) is 4.48. The van der Waals surface area contributed by atoms with Crippen LogP contribution >= 0.6 is 0 Å².